The lowest BCUT2D eigenvalue weighted by molar-refractivity contribution is -0.137. The lowest BCUT2D eigenvalue weighted by atomic mass is 10.2. The highest BCUT2D eigenvalue weighted by Crippen LogP contribution is 2.29. The van der Waals surface area contributed by atoms with Crippen molar-refractivity contribution in [1.82, 2.24) is 15.1 Å². The Bertz CT molecular complexity index is 769. The molecule has 0 saturated carbocycles. The van der Waals surface area contributed by atoms with Crippen molar-refractivity contribution in [1.29, 1.82) is 0 Å². The first-order chi connectivity index (χ1) is 12.9. The predicted octanol–water partition coefficient (Wildman–Crippen LogP) is 2.89. The SMILES string of the molecule is CCN1CCN(c2ccc(C(=O)Nc3ccc(C(F)(F)F)cc3)nn2)CC1. The number of piperazine rings is 1. The van der Waals surface area contributed by atoms with Crippen molar-refractivity contribution in [2.75, 3.05) is 42.9 Å². The fraction of sp³-hybridized carbons (Fsp3) is 0.389. The number of halogens is 3. The minimum Gasteiger partial charge on any atom is -0.353 e. The molecule has 2 heterocycles. The summed E-state index contributed by atoms with van der Waals surface area (Å²) < 4.78 is 37.7. The number of carbonyl (C=O) groups excluding carboxylic acids is 1. The van der Waals surface area contributed by atoms with Crippen molar-refractivity contribution in [3.63, 3.8) is 0 Å². The van der Waals surface area contributed by atoms with E-state index in [0.29, 0.717) is 5.82 Å². The first-order valence-corrected chi connectivity index (χ1v) is 8.66. The van der Waals surface area contributed by atoms with Gasteiger partial charge in [0.2, 0.25) is 0 Å². The molecule has 0 spiro atoms. The van der Waals surface area contributed by atoms with E-state index < -0.39 is 17.6 Å². The minimum absolute atomic E-state index is 0.103. The van der Waals surface area contributed by atoms with Crippen LogP contribution >= 0.6 is 0 Å². The number of alkyl halides is 3. The molecule has 1 amide bonds. The van der Waals surface area contributed by atoms with Gasteiger partial charge in [-0.3, -0.25) is 4.79 Å². The Balaban J connectivity index is 1.61. The topological polar surface area (TPSA) is 61.4 Å². The third-order valence-corrected chi connectivity index (χ3v) is 4.50. The molecule has 9 heteroatoms. The maximum atomic E-state index is 12.6. The summed E-state index contributed by atoms with van der Waals surface area (Å²) >= 11 is 0. The van der Waals surface area contributed by atoms with Crippen LogP contribution in [0.4, 0.5) is 24.7 Å². The summed E-state index contributed by atoms with van der Waals surface area (Å²) in [7, 11) is 0. The van der Waals surface area contributed by atoms with Gasteiger partial charge in [0.15, 0.2) is 11.5 Å². The summed E-state index contributed by atoms with van der Waals surface area (Å²) in [5, 5.41) is 10.6. The van der Waals surface area contributed by atoms with Crippen LogP contribution in [0.5, 0.6) is 0 Å². The zero-order valence-electron chi connectivity index (χ0n) is 14.8. The van der Waals surface area contributed by atoms with Crippen LogP contribution in [-0.2, 0) is 6.18 Å². The summed E-state index contributed by atoms with van der Waals surface area (Å²) in [4.78, 5) is 16.7. The van der Waals surface area contributed by atoms with Gasteiger partial charge in [0.05, 0.1) is 5.56 Å². The van der Waals surface area contributed by atoms with Crippen molar-refractivity contribution in [3.8, 4) is 0 Å². The number of likely N-dealkylation sites (N-methyl/N-ethyl adjacent to an activating group) is 1. The van der Waals surface area contributed by atoms with E-state index in [4.69, 9.17) is 0 Å². The number of nitrogens with one attached hydrogen (secondary N) is 1. The molecule has 1 saturated heterocycles. The fourth-order valence-corrected chi connectivity index (χ4v) is 2.85. The number of nitrogens with zero attached hydrogens (tertiary/aromatic N) is 4. The van der Waals surface area contributed by atoms with E-state index in [-0.39, 0.29) is 11.4 Å². The number of aromatic nitrogens is 2. The molecule has 27 heavy (non-hydrogen) atoms. The van der Waals surface area contributed by atoms with Crippen LogP contribution in [0.3, 0.4) is 0 Å². The second-order valence-corrected chi connectivity index (χ2v) is 6.23. The highest BCUT2D eigenvalue weighted by molar-refractivity contribution is 6.02. The van der Waals surface area contributed by atoms with Gasteiger partial charge >= 0.3 is 6.18 Å². The van der Waals surface area contributed by atoms with Gasteiger partial charge in [-0.15, -0.1) is 10.2 Å². The lowest BCUT2D eigenvalue weighted by Crippen LogP contribution is -2.46. The summed E-state index contributed by atoms with van der Waals surface area (Å²) in [5.74, 6) is 0.182. The minimum atomic E-state index is -4.41. The molecule has 3 rings (SSSR count). The van der Waals surface area contributed by atoms with E-state index in [9.17, 15) is 18.0 Å². The van der Waals surface area contributed by atoms with Crippen molar-refractivity contribution in [2.24, 2.45) is 0 Å². The Morgan fingerprint density at radius 1 is 1.04 bits per heavy atom. The van der Waals surface area contributed by atoms with Crippen LogP contribution in [0.15, 0.2) is 36.4 Å². The Kier molecular flexibility index (Phi) is 5.59. The molecule has 0 radical (unpaired) electrons. The Labute approximate surface area is 155 Å². The molecule has 144 valence electrons. The average Bonchev–Trinajstić information content (AvgIpc) is 2.68. The first-order valence-electron chi connectivity index (χ1n) is 8.66. The van der Waals surface area contributed by atoms with E-state index in [1.54, 1.807) is 12.1 Å². The van der Waals surface area contributed by atoms with E-state index in [2.05, 4.69) is 32.2 Å². The quantitative estimate of drug-likeness (QED) is 0.885. The van der Waals surface area contributed by atoms with Gasteiger partial charge < -0.3 is 15.1 Å². The van der Waals surface area contributed by atoms with Gasteiger partial charge in [-0.25, -0.2) is 0 Å². The van der Waals surface area contributed by atoms with Crippen LogP contribution in [0, 0.1) is 0 Å². The second kappa shape index (κ2) is 7.91. The number of rotatable bonds is 4. The van der Waals surface area contributed by atoms with Gasteiger partial charge in [-0.05, 0) is 42.9 Å². The van der Waals surface area contributed by atoms with Gasteiger partial charge in [0.1, 0.15) is 0 Å². The third kappa shape index (κ3) is 4.73. The van der Waals surface area contributed by atoms with Gasteiger partial charge in [-0.1, -0.05) is 6.92 Å². The molecule has 1 aromatic heterocycles. The summed E-state index contributed by atoms with van der Waals surface area (Å²) in [6, 6.07) is 7.54. The van der Waals surface area contributed by atoms with Crippen LogP contribution in [0.1, 0.15) is 23.0 Å². The molecule has 1 fully saturated rings. The van der Waals surface area contributed by atoms with Crippen LogP contribution in [0.2, 0.25) is 0 Å². The maximum Gasteiger partial charge on any atom is 0.416 e. The molecule has 1 aliphatic rings. The number of carbonyl (C=O) groups is 1. The Morgan fingerprint density at radius 3 is 2.22 bits per heavy atom. The van der Waals surface area contributed by atoms with Crippen molar-refractivity contribution >= 4 is 17.4 Å². The summed E-state index contributed by atoms with van der Waals surface area (Å²) in [5.41, 5.74) is -0.409. The van der Waals surface area contributed by atoms with Gasteiger partial charge in [0.25, 0.3) is 5.91 Å². The normalized spacial score (nSPS) is 15.6. The number of hydrogen-bond acceptors (Lipinski definition) is 5. The predicted molar refractivity (Wildman–Crippen MR) is 95.8 cm³/mol. The van der Waals surface area contributed by atoms with Crippen LogP contribution in [0.25, 0.3) is 0 Å². The molecule has 0 aliphatic carbocycles. The summed E-state index contributed by atoms with van der Waals surface area (Å²) in [6.07, 6.45) is -4.41. The molecular weight excluding hydrogens is 359 g/mol. The van der Waals surface area contributed by atoms with E-state index >= 15 is 0 Å². The maximum absolute atomic E-state index is 12.6. The molecule has 2 aromatic rings. The molecule has 6 nitrogen and oxygen atoms in total. The molecule has 0 atom stereocenters. The molecule has 1 aromatic carbocycles. The van der Waals surface area contributed by atoms with Crippen LogP contribution in [-0.4, -0.2) is 53.7 Å². The Morgan fingerprint density at radius 2 is 1.70 bits per heavy atom. The van der Waals surface area contributed by atoms with E-state index in [1.165, 1.54) is 12.1 Å². The zero-order chi connectivity index (χ0) is 19.4. The Hall–Kier alpha value is -2.68. The monoisotopic (exact) mass is 379 g/mol. The van der Waals surface area contributed by atoms with Crippen molar-refractivity contribution in [2.45, 2.75) is 13.1 Å². The zero-order valence-corrected chi connectivity index (χ0v) is 14.8. The highest BCUT2D eigenvalue weighted by Gasteiger charge is 2.30. The number of anilines is 2. The van der Waals surface area contributed by atoms with E-state index in [1.807, 2.05) is 0 Å². The number of amides is 1. The smallest absolute Gasteiger partial charge is 0.353 e. The molecular formula is C18H20F3N5O. The van der Waals surface area contributed by atoms with E-state index in [0.717, 1.165) is 44.9 Å². The molecule has 1 N–H and O–H groups in total. The third-order valence-electron chi connectivity index (χ3n) is 4.50. The van der Waals surface area contributed by atoms with Crippen molar-refractivity contribution in [3.05, 3.63) is 47.7 Å². The first kappa shape index (κ1) is 19.1. The number of hydrogen-bond donors (Lipinski definition) is 1. The number of benzene rings is 1. The fourth-order valence-electron chi connectivity index (χ4n) is 2.85. The second-order valence-electron chi connectivity index (χ2n) is 6.23. The molecule has 0 unspecified atom stereocenters. The van der Waals surface area contributed by atoms with Gasteiger partial charge in [0, 0.05) is 31.9 Å². The average molecular weight is 379 g/mol. The van der Waals surface area contributed by atoms with Crippen molar-refractivity contribution < 1.29 is 18.0 Å². The van der Waals surface area contributed by atoms with Crippen LogP contribution < -0.4 is 10.2 Å². The molecule has 0 bridgehead atoms. The summed E-state index contributed by atoms with van der Waals surface area (Å²) in [6.45, 7) is 6.74. The lowest BCUT2D eigenvalue weighted by Gasteiger charge is -2.34. The largest absolute Gasteiger partial charge is 0.416 e. The highest BCUT2D eigenvalue weighted by atomic mass is 19.4. The molecule has 1 aliphatic heterocycles. The van der Waals surface area contributed by atoms with Gasteiger partial charge in [-0.2, -0.15) is 13.2 Å². The standard InChI is InChI=1S/C18H20F3N5O/c1-2-25-9-11-26(12-10-25)16-8-7-15(23-24-16)17(27)22-14-5-3-13(4-6-14)18(19,20)21/h3-8H,2,9-12H2,1H3,(H,22,27).